The summed E-state index contributed by atoms with van der Waals surface area (Å²) in [6.45, 7) is 2.26. The molecule has 1 aliphatic carbocycles. The molecular weight excluding hydrogens is 392 g/mol. The Balaban J connectivity index is 1.49. The number of hydrogen-bond acceptors (Lipinski definition) is 2. The predicted octanol–water partition coefficient (Wildman–Crippen LogP) is 7.86. The van der Waals surface area contributed by atoms with Crippen LogP contribution >= 0.6 is 0 Å². The van der Waals surface area contributed by atoms with Gasteiger partial charge in [0.05, 0.1) is 0 Å². The molecule has 0 spiro atoms. The Bertz CT molecular complexity index is 915. The highest BCUT2D eigenvalue weighted by molar-refractivity contribution is 5.44. The molecule has 0 aromatic heterocycles. The predicted molar refractivity (Wildman–Crippen MR) is 132 cm³/mol. The lowest BCUT2D eigenvalue weighted by Gasteiger charge is -2.41. The topological polar surface area (TPSA) is 40.5 Å². The zero-order valence-electron chi connectivity index (χ0n) is 19.3. The van der Waals surface area contributed by atoms with Crippen LogP contribution in [0.2, 0.25) is 0 Å². The Morgan fingerprint density at radius 2 is 1.22 bits per heavy atom. The standard InChI is InChI=1S/C30H36O2/c1-2-3-4-5-6-23-7-9-24(10-8-23)25-19-21-30(22-20-25,26-11-15-28(31)16-12-26)27-13-17-29(32)18-14-27/h7-18,25,31-32H,2-6,19-22H2,1H3. The molecule has 0 amide bonds. The first-order valence-corrected chi connectivity index (χ1v) is 12.3. The molecule has 2 nitrogen and oxygen atoms in total. The van der Waals surface area contributed by atoms with Gasteiger partial charge in [0.1, 0.15) is 11.5 Å². The van der Waals surface area contributed by atoms with Gasteiger partial charge in [-0.25, -0.2) is 0 Å². The van der Waals surface area contributed by atoms with Gasteiger partial charge in [0.25, 0.3) is 0 Å². The van der Waals surface area contributed by atoms with Crippen LogP contribution in [0.3, 0.4) is 0 Å². The van der Waals surface area contributed by atoms with Crippen molar-refractivity contribution >= 4 is 0 Å². The minimum Gasteiger partial charge on any atom is -0.508 e. The van der Waals surface area contributed by atoms with E-state index in [0.29, 0.717) is 17.4 Å². The highest BCUT2D eigenvalue weighted by Gasteiger charge is 2.38. The van der Waals surface area contributed by atoms with E-state index in [1.807, 2.05) is 0 Å². The molecule has 2 heteroatoms. The molecule has 0 heterocycles. The summed E-state index contributed by atoms with van der Waals surface area (Å²) in [4.78, 5) is 0. The molecule has 0 atom stereocenters. The van der Waals surface area contributed by atoms with Gasteiger partial charge in [-0.1, -0.05) is 74.7 Å². The van der Waals surface area contributed by atoms with Crippen LogP contribution in [-0.4, -0.2) is 10.2 Å². The number of benzene rings is 3. The van der Waals surface area contributed by atoms with E-state index < -0.39 is 0 Å². The summed E-state index contributed by atoms with van der Waals surface area (Å²) >= 11 is 0. The average molecular weight is 429 g/mol. The van der Waals surface area contributed by atoms with E-state index in [9.17, 15) is 10.2 Å². The molecule has 0 aliphatic heterocycles. The van der Waals surface area contributed by atoms with Crippen molar-refractivity contribution in [3.05, 3.63) is 95.1 Å². The third-order valence-corrected chi connectivity index (χ3v) is 7.45. The molecule has 3 aromatic carbocycles. The van der Waals surface area contributed by atoms with Gasteiger partial charge in [0.15, 0.2) is 0 Å². The molecule has 1 aliphatic rings. The van der Waals surface area contributed by atoms with Gasteiger partial charge in [-0.3, -0.25) is 0 Å². The molecule has 0 radical (unpaired) electrons. The lowest BCUT2D eigenvalue weighted by atomic mass is 9.62. The summed E-state index contributed by atoms with van der Waals surface area (Å²) in [6.07, 6.45) is 10.8. The van der Waals surface area contributed by atoms with Gasteiger partial charge in [-0.15, -0.1) is 0 Å². The van der Waals surface area contributed by atoms with E-state index in [-0.39, 0.29) is 5.41 Å². The van der Waals surface area contributed by atoms with Crippen LogP contribution in [0.1, 0.15) is 86.5 Å². The number of phenols is 2. The largest absolute Gasteiger partial charge is 0.508 e. The Morgan fingerprint density at radius 3 is 1.72 bits per heavy atom. The molecule has 32 heavy (non-hydrogen) atoms. The molecule has 4 rings (SSSR count). The lowest BCUT2D eigenvalue weighted by Crippen LogP contribution is -2.32. The first-order valence-electron chi connectivity index (χ1n) is 12.3. The maximum absolute atomic E-state index is 9.81. The normalized spacial score (nSPS) is 16.2. The first-order chi connectivity index (χ1) is 15.6. The van der Waals surface area contributed by atoms with Crippen LogP contribution < -0.4 is 0 Å². The van der Waals surface area contributed by atoms with Crippen molar-refractivity contribution in [1.29, 1.82) is 0 Å². The van der Waals surface area contributed by atoms with Crippen molar-refractivity contribution in [3.63, 3.8) is 0 Å². The van der Waals surface area contributed by atoms with Crippen molar-refractivity contribution in [3.8, 4) is 11.5 Å². The molecule has 0 bridgehead atoms. The summed E-state index contributed by atoms with van der Waals surface area (Å²) in [5.74, 6) is 1.20. The number of hydrogen-bond donors (Lipinski definition) is 2. The number of phenolic OH excluding ortho intramolecular Hbond substituents is 2. The Labute approximate surface area is 193 Å². The minimum atomic E-state index is -0.0723. The number of rotatable bonds is 8. The second kappa shape index (κ2) is 10.3. The quantitative estimate of drug-likeness (QED) is 0.358. The van der Waals surface area contributed by atoms with Gasteiger partial charge in [-0.2, -0.15) is 0 Å². The smallest absolute Gasteiger partial charge is 0.115 e. The second-order valence-corrected chi connectivity index (χ2v) is 9.50. The molecule has 0 unspecified atom stereocenters. The van der Waals surface area contributed by atoms with Crippen molar-refractivity contribution in [2.75, 3.05) is 0 Å². The maximum Gasteiger partial charge on any atom is 0.115 e. The van der Waals surface area contributed by atoms with Crippen molar-refractivity contribution in [2.45, 2.75) is 76.0 Å². The maximum atomic E-state index is 9.81. The van der Waals surface area contributed by atoms with Crippen LogP contribution in [0.4, 0.5) is 0 Å². The summed E-state index contributed by atoms with van der Waals surface area (Å²) < 4.78 is 0. The van der Waals surface area contributed by atoms with Gasteiger partial charge in [0, 0.05) is 5.41 Å². The van der Waals surface area contributed by atoms with Crippen molar-refractivity contribution in [1.82, 2.24) is 0 Å². The highest BCUT2D eigenvalue weighted by Crippen LogP contribution is 2.49. The van der Waals surface area contributed by atoms with Crippen LogP contribution in [0.5, 0.6) is 11.5 Å². The lowest BCUT2D eigenvalue weighted by molar-refractivity contribution is 0.314. The van der Waals surface area contributed by atoms with E-state index in [1.165, 1.54) is 54.4 Å². The first kappa shape index (κ1) is 22.5. The molecule has 168 valence electrons. The second-order valence-electron chi connectivity index (χ2n) is 9.50. The zero-order chi connectivity index (χ0) is 22.4. The number of aryl methyl sites for hydroxylation is 1. The summed E-state index contributed by atoms with van der Waals surface area (Å²) in [5, 5.41) is 19.6. The Hall–Kier alpha value is -2.74. The molecule has 3 aromatic rings. The summed E-state index contributed by atoms with van der Waals surface area (Å²) in [6, 6.07) is 24.8. The van der Waals surface area contributed by atoms with Crippen LogP contribution in [-0.2, 0) is 11.8 Å². The minimum absolute atomic E-state index is 0.0723. The molecule has 1 saturated carbocycles. The van der Waals surface area contributed by atoms with Gasteiger partial charge in [0.2, 0.25) is 0 Å². The fraction of sp³-hybridized carbons (Fsp3) is 0.400. The van der Waals surface area contributed by atoms with Gasteiger partial charge in [-0.05, 0) is 91.0 Å². The summed E-state index contributed by atoms with van der Waals surface area (Å²) in [5.41, 5.74) is 5.36. The Morgan fingerprint density at radius 1 is 0.688 bits per heavy atom. The summed E-state index contributed by atoms with van der Waals surface area (Å²) in [7, 11) is 0. The number of unbranched alkanes of at least 4 members (excludes halogenated alkanes) is 3. The van der Waals surface area contributed by atoms with Crippen LogP contribution in [0.15, 0.2) is 72.8 Å². The van der Waals surface area contributed by atoms with Gasteiger partial charge < -0.3 is 10.2 Å². The monoisotopic (exact) mass is 428 g/mol. The molecule has 2 N–H and O–H groups in total. The van der Waals surface area contributed by atoms with Crippen LogP contribution in [0.25, 0.3) is 0 Å². The fourth-order valence-corrected chi connectivity index (χ4v) is 5.46. The third-order valence-electron chi connectivity index (χ3n) is 7.45. The van der Waals surface area contributed by atoms with Crippen molar-refractivity contribution in [2.24, 2.45) is 0 Å². The van der Waals surface area contributed by atoms with E-state index in [0.717, 1.165) is 25.7 Å². The Kier molecular flexibility index (Phi) is 7.19. The van der Waals surface area contributed by atoms with Crippen molar-refractivity contribution < 1.29 is 10.2 Å². The fourth-order valence-electron chi connectivity index (χ4n) is 5.46. The zero-order valence-corrected chi connectivity index (χ0v) is 19.3. The van der Waals surface area contributed by atoms with E-state index in [1.54, 1.807) is 24.3 Å². The average Bonchev–Trinajstić information content (AvgIpc) is 2.83. The molecular formula is C30H36O2. The van der Waals surface area contributed by atoms with E-state index >= 15 is 0 Å². The highest BCUT2D eigenvalue weighted by atomic mass is 16.3. The SMILES string of the molecule is CCCCCCc1ccc(C2CCC(c3ccc(O)cc3)(c3ccc(O)cc3)CC2)cc1. The third kappa shape index (κ3) is 5.01. The number of aromatic hydroxyl groups is 2. The molecule has 0 saturated heterocycles. The van der Waals surface area contributed by atoms with Crippen LogP contribution in [0, 0.1) is 0 Å². The van der Waals surface area contributed by atoms with E-state index in [4.69, 9.17) is 0 Å². The van der Waals surface area contributed by atoms with Gasteiger partial charge >= 0.3 is 0 Å². The van der Waals surface area contributed by atoms with E-state index in [2.05, 4.69) is 55.5 Å². The molecule has 1 fully saturated rings.